The van der Waals surface area contributed by atoms with Crippen molar-refractivity contribution in [2.75, 3.05) is 11.4 Å². The number of ether oxygens (including phenoxy) is 1. The first-order valence-electron chi connectivity index (χ1n) is 8.04. The number of hydrogen-bond acceptors (Lipinski definition) is 3. The summed E-state index contributed by atoms with van der Waals surface area (Å²) in [6, 6.07) is 6.08. The molecule has 0 aromatic heterocycles. The predicted octanol–water partition coefficient (Wildman–Crippen LogP) is 1.93. The molecule has 5 nitrogen and oxygen atoms in total. The van der Waals surface area contributed by atoms with Crippen LogP contribution in [0, 0.1) is 18.8 Å². The first-order chi connectivity index (χ1) is 11.1. The number of carbonyl (C=O) groups excluding carboxylic acids is 1. The topological polar surface area (TPSA) is 66.8 Å². The van der Waals surface area contributed by atoms with Gasteiger partial charge in [0, 0.05) is 12.2 Å². The molecule has 1 aromatic carbocycles. The van der Waals surface area contributed by atoms with Crippen LogP contribution in [0.4, 0.5) is 5.69 Å². The number of hydrogen-bond donors (Lipinski definition) is 1. The fourth-order valence-corrected chi connectivity index (χ4v) is 4.03. The van der Waals surface area contributed by atoms with E-state index in [1.807, 2.05) is 25.1 Å². The average molecular weight is 313 g/mol. The van der Waals surface area contributed by atoms with E-state index in [2.05, 4.69) is 6.07 Å². The molecule has 0 spiro atoms. The molecule has 4 rings (SSSR count). The van der Waals surface area contributed by atoms with Crippen LogP contribution in [0.5, 0.6) is 0 Å². The van der Waals surface area contributed by atoms with Gasteiger partial charge in [0.2, 0.25) is 5.91 Å². The molecule has 3 aliphatic rings. The SMILES string of the molecule is Cc1ccc2c(c1)CCCN2C(=O)[C@H]1[C@@H](C(=O)O)[C@H]2C=C[C@@H]1O2. The predicted molar refractivity (Wildman–Crippen MR) is 84.3 cm³/mol. The molecule has 2 bridgehead atoms. The van der Waals surface area contributed by atoms with Gasteiger partial charge in [-0.25, -0.2) is 0 Å². The van der Waals surface area contributed by atoms with Gasteiger partial charge in [-0.05, 0) is 31.4 Å². The molecular weight excluding hydrogens is 294 g/mol. The van der Waals surface area contributed by atoms with E-state index in [4.69, 9.17) is 4.74 Å². The van der Waals surface area contributed by atoms with E-state index in [9.17, 15) is 14.7 Å². The number of aryl methyl sites for hydroxylation is 2. The Morgan fingerprint density at radius 1 is 1.22 bits per heavy atom. The van der Waals surface area contributed by atoms with E-state index < -0.39 is 30.0 Å². The number of fused-ring (bicyclic) bond motifs is 3. The minimum Gasteiger partial charge on any atom is -0.481 e. The zero-order valence-electron chi connectivity index (χ0n) is 12.9. The monoisotopic (exact) mass is 313 g/mol. The summed E-state index contributed by atoms with van der Waals surface area (Å²) >= 11 is 0. The van der Waals surface area contributed by atoms with Crippen LogP contribution in [0.2, 0.25) is 0 Å². The van der Waals surface area contributed by atoms with Crippen molar-refractivity contribution in [1.29, 1.82) is 0 Å². The first kappa shape index (κ1) is 14.5. The third-order valence-corrected chi connectivity index (χ3v) is 5.09. The molecule has 0 unspecified atom stereocenters. The van der Waals surface area contributed by atoms with Gasteiger partial charge in [0.15, 0.2) is 0 Å². The summed E-state index contributed by atoms with van der Waals surface area (Å²) < 4.78 is 5.64. The molecule has 3 heterocycles. The van der Waals surface area contributed by atoms with Crippen molar-refractivity contribution in [3.63, 3.8) is 0 Å². The van der Waals surface area contributed by atoms with Crippen LogP contribution in [0.25, 0.3) is 0 Å². The van der Waals surface area contributed by atoms with Crippen molar-refractivity contribution in [3.05, 3.63) is 41.5 Å². The summed E-state index contributed by atoms with van der Waals surface area (Å²) in [5.41, 5.74) is 3.26. The third-order valence-electron chi connectivity index (χ3n) is 5.09. The van der Waals surface area contributed by atoms with Crippen LogP contribution in [0.3, 0.4) is 0 Å². The summed E-state index contributed by atoms with van der Waals surface area (Å²) in [6.45, 7) is 2.68. The van der Waals surface area contributed by atoms with Gasteiger partial charge < -0.3 is 14.7 Å². The summed E-state index contributed by atoms with van der Waals surface area (Å²) in [6.07, 6.45) is 4.55. The highest BCUT2D eigenvalue weighted by Gasteiger charge is 2.54. The van der Waals surface area contributed by atoms with E-state index >= 15 is 0 Å². The fraction of sp³-hybridized carbons (Fsp3) is 0.444. The quantitative estimate of drug-likeness (QED) is 0.847. The number of amides is 1. The molecule has 1 saturated heterocycles. The fourth-order valence-electron chi connectivity index (χ4n) is 4.03. The number of aliphatic carboxylic acids is 1. The summed E-state index contributed by atoms with van der Waals surface area (Å²) in [5.74, 6) is -2.50. The van der Waals surface area contributed by atoms with Gasteiger partial charge in [-0.3, -0.25) is 9.59 Å². The van der Waals surface area contributed by atoms with Gasteiger partial charge in [0.1, 0.15) is 5.92 Å². The summed E-state index contributed by atoms with van der Waals surface area (Å²) in [4.78, 5) is 26.5. The largest absolute Gasteiger partial charge is 0.481 e. The standard InChI is InChI=1S/C18H19NO4/c1-10-4-5-12-11(9-10)3-2-8-19(12)17(20)15-13-6-7-14(23-13)16(15)18(21)22/h4-7,9,13-16H,2-3,8H2,1H3,(H,21,22)/t13-,14+,15+,16-/m0/s1. The molecule has 4 atom stereocenters. The lowest BCUT2D eigenvalue weighted by Gasteiger charge is -2.33. The van der Waals surface area contributed by atoms with Gasteiger partial charge in [0.25, 0.3) is 0 Å². The Morgan fingerprint density at radius 2 is 1.96 bits per heavy atom. The lowest BCUT2D eigenvalue weighted by atomic mass is 9.81. The molecule has 1 aromatic rings. The Kier molecular flexibility index (Phi) is 3.27. The molecular formula is C18H19NO4. The molecule has 5 heteroatoms. The third kappa shape index (κ3) is 2.18. The van der Waals surface area contributed by atoms with E-state index in [1.165, 1.54) is 5.56 Å². The number of rotatable bonds is 2. The molecule has 0 aliphatic carbocycles. The lowest BCUT2D eigenvalue weighted by molar-refractivity contribution is -0.146. The maximum atomic E-state index is 13.1. The van der Waals surface area contributed by atoms with Crippen LogP contribution in [-0.2, 0) is 20.7 Å². The van der Waals surface area contributed by atoms with Crippen molar-refractivity contribution < 1.29 is 19.4 Å². The van der Waals surface area contributed by atoms with Crippen LogP contribution < -0.4 is 4.90 Å². The highest BCUT2D eigenvalue weighted by atomic mass is 16.5. The number of benzene rings is 1. The first-order valence-corrected chi connectivity index (χ1v) is 8.04. The van der Waals surface area contributed by atoms with E-state index in [0.717, 1.165) is 24.1 Å². The maximum absolute atomic E-state index is 13.1. The highest BCUT2D eigenvalue weighted by Crippen LogP contribution is 2.41. The van der Waals surface area contributed by atoms with Crippen LogP contribution in [-0.4, -0.2) is 35.7 Å². The van der Waals surface area contributed by atoms with Gasteiger partial charge >= 0.3 is 5.97 Å². The van der Waals surface area contributed by atoms with Crippen molar-refractivity contribution in [3.8, 4) is 0 Å². The number of nitrogens with zero attached hydrogens (tertiary/aromatic N) is 1. The minimum atomic E-state index is -0.957. The average Bonchev–Trinajstić information content (AvgIpc) is 3.14. The zero-order chi connectivity index (χ0) is 16.1. The number of carboxylic acids is 1. The number of carboxylic acid groups (broad SMARTS) is 1. The second kappa shape index (κ2) is 5.20. The Labute approximate surface area is 134 Å². The van der Waals surface area contributed by atoms with E-state index in [0.29, 0.717) is 6.54 Å². The van der Waals surface area contributed by atoms with E-state index in [-0.39, 0.29) is 5.91 Å². The maximum Gasteiger partial charge on any atom is 0.310 e. The molecule has 1 N–H and O–H groups in total. The minimum absolute atomic E-state index is 0.126. The van der Waals surface area contributed by atoms with Crippen molar-refractivity contribution in [2.45, 2.75) is 32.0 Å². The molecule has 23 heavy (non-hydrogen) atoms. The van der Waals surface area contributed by atoms with Gasteiger partial charge in [-0.1, -0.05) is 29.8 Å². The summed E-state index contributed by atoms with van der Waals surface area (Å²) in [5, 5.41) is 9.50. The van der Waals surface area contributed by atoms with Crippen molar-refractivity contribution in [1.82, 2.24) is 0 Å². The molecule has 120 valence electrons. The Morgan fingerprint density at radius 3 is 2.70 bits per heavy atom. The Bertz CT molecular complexity index is 711. The van der Waals surface area contributed by atoms with Crippen LogP contribution >= 0.6 is 0 Å². The molecule has 1 amide bonds. The van der Waals surface area contributed by atoms with Crippen molar-refractivity contribution in [2.24, 2.45) is 11.8 Å². The lowest BCUT2D eigenvalue weighted by Crippen LogP contribution is -2.46. The molecule has 1 fully saturated rings. The van der Waals surface area contributed by atoms with E-state index in [1.54, 1.807) is 11.0 Å². The van der Waals surface area contributed by atoms with Gasteiger partial charge in [0.05, 0.1) is 18.1 Å². The van der Waals surface area contributed by atoms with Crippen LogP contribution in [0.1, 0.15) is 17.5 Å². The second-order valence-electron chi connectivity index (χ2n) is 6.57. The molecule has 0 radical (unpaired) electrons. The molecule has 0 saturated carbocycles. The normalized spacial score (nSPS) is 31.3. The second-order valence-corrected chi connectivity index (χ2v) is 6.57. The van der Waals surface area contributed by atoms with Crippen molar-refractivity contribution >= 4 is 17.6 Å². The van der Waals surface area contributed by atoms with Gasteiger partial charge in [-0.2, -0.15) is 0 Å². The molecule has 3 aliphatic heterocycles. The summed E-state index contributed by atoms with van der Waals surface area (Å²) in [7, 11) is 0. The number of anilines is 1. The highest BCUT2D eigenvalue weighted by molar-refractivity contribution is 5.99. The Balaban J connectivity index is 1.68. The number of carbonyl (C=O) groups is 2. The van der Waals surface area contributed by atoms with Crippen LogP contribution in [0.15, 0.2) is 30.4 Å². The van der Waals surface area contributed by atoms with Gasteiger partial charge in [-0.15, -0.1) is 0 Å². The smallest absolute Gasteiger partial charge is 0.310 e. The Hall–Kier alpha value is -2.14. The zero-order valence-corrected chi connectivity index (χ0v) is 12.9.